The van der Waals surface area contributed by atoms with Gasteiger partial charge in [0.25, 0.3) is 17.2 Å². The fraction of sp³-hybridized carbons (Fsp3) is 0.107. The summed E-state index contributed by atoms with van der Waals surface area (Å²) in [6.45, 7) is 1.74. The Kier molecular flexibility index (Phi) is 6.79. The third kappa shape index (κ3) is 4.80. The van der Waals surface area contributed by atoms with Gasteiger partial charge >= 0.3 is 5.97 Å². The second-order valence-corrected chi connectivity index (χ2v) is 8.45. The van der Waals surface area contributed by atoms with Gasteiger partial charge in [0, 0.05) is 12.3 Å². The van der Waals surface area contributed by atoms with Gasteiger partial charge < -0.3 is 9.30 Å². The molecule has 0 atom stereocenters. The van der Waals surface area contributed by atoms with Crippen LogP contribution in [0, 0.1) is 10.1 Å². The number of nitrogens with zero attached hydrogens (tertiary/aromatic N) is 5. The molecule has 0 bridgehead atoms. The Morgan fingerprint density at radius 3 is 2.46 bits per heavy atom. The Labute approximate surface area is 220 Å². The maximum atomic E-state index is 13.5. The van der Waals surface area contributed by atoms with E-state index in [1.54, 1.807) is 31.3 Å². The number of nitro groups is 1. The number of para-hydroxylation sites is 1. The zero-order valence-electron chi connectivity index (χ0n) is 20.7. The van der Waals surface area contributed by atoms with Gasteiger partial charge in [0.05, 0.1) is 23.5 Å². The van der Waals surface area contributed by atoms with Gasteiger partial charge in [-0.1, -0.05) is 48.5 Å². The first-order valence-corrected chi connectivity index (χ1v) is 12.0. The number of fused-ring (bicyclic) bond motifs is 2. The van der Waals surface area contributed by atoms with Crippen LogP contribution in [0.4, 0.5) is 5.69 Å². The minimum Gasteiger partial charge on any atom is -0.462 e. The molecule has 0 unspecified atom stereocenters. The van der Waals surface area contributed by atoms with Gasteiger partial charge in [-0.15, -0.1) is 0 Å². The molecule has 0 aliphatic carbocycles. The number of nitro benzene ring substituents is 1. The molecular formula is C28H21N5O6. The summed E-state index contributed by atoms with van der Waals surface area (Å²) in [5.41, 5.74) is -0.109. The van der Waals surface area contributed by atoms with Gasteiger partial charge in [0.2, 0.25) is 0 Å². The molecule has 0 fully saturated rings. The van der Waals surface area contributed by atoms with E-state index in [-0.39, 0.29) is 40.8 Å². The van der Waals surface area contributed by atoms with Crippen molar-refractivity contribution in [1.82, 2.24) is 14.0 Å². The van der Waals surface area contributed by atoms with E-state index in [1.165, 1.54) is 39.3 Å². The summed E-state index contributed by atoms with van der Waals surface area (Å²) in [6, 6.07) is 20.9. The van der Waals surface area contributed by atoms with Crippen LogP contribution in [0.2, 0.25) is 0 Å². The molecule has 1 amide bonds. The number of carbonyl (C=O) groups excluding carboxylic acids is 2. The fourth-order valence-corrected chi connectivity index (χ4v) is 4.24. The molecule has 0 radical (unpaired) electrons. The monoisotopic (exact) mass is 523 g/mol. The number of rotatable bonds is 6. The third-order valence-electron chi connectivity index (χ3n) is 6.01. The summed E-state index contributed by atoms with van der Waals surface area (Å²) < 4.78 is 8.07. The Hall–Kier alpha value is -5.45. The summed E-state index contributed by atoms with van der Waals surface area (Å²) in [7, 11) is 0. The van der Waals surface area contributed by atoms with Crippen LogP contribution < -0.4 is 11.0 Å². The van der Waals surface area contributed by atoms with Gasteiger partial charge in [0.15, 0.2) is 5.49 Å². The summed E-state index contributed by atoms with van der Waals surface area (Å²) >= 11 is 0. The van der Waals surface area contributed by atoms with E-state index in [2.05, 4.69) is 9.98 Å². The molecule has 3 aromatic heterocycles. The quantitative estimate of drug-likeness (QED) is 0.144. The summed E-state index contributed by atoms with van der Waals surface area (Å²) in [4.78, 5) is 59.7. The highest BCUT2D eigenvalue weighted by molar-refractivity contribution is 6.00. The zero-order valence-corrected chi connectivity index (χ0v) is 20.7. The van der Waals surface area contributed by atoms with Crippen LogP contribution >= 0.6 is 0 Å². The minimum atomic E-state index is -0.938. The van der Waals surface area contributed by atoms with Gasteiger partial charge in [-0.3, -0.25) is 24.1 Å². The van der Waals surface area contributed by atoms with Crippen molar-refractivity contribution in [2.24, 2.45) is 4.99 Å². The summed E-state index contributed by atoms with van der Waals surface area (Å²) in [5.74, 6) is -1.75. The second kappa shape index (κ2) is 10.5. The van der Waals surface area contributed by atoms with Crippen molar-refractivity contribution in [3.63, 3.8) is 0 Å². The maximum absolute atomic E-state index is 13.5. The Balaban J connectivity index is 1.91. The lowest BCUT2D eigenvalue weighted by molar-refractivity contribution is -0.385. The lowest BCUT2D eigenvalue weighted by atomic mass is 10.1. The first-order chi connectivity index (χ1) is 18.9. The van der Waals surface area contributed by atoms with E-state index in [1.807, 2.05) is 30.3 Å². The zero-order chi connectivity index (χ0) is 27.5. The standard InChI is InChI=1S/C28H21N5O6/c1-2-39-28(36)21-16-20-24(29-23-14-8-9-15-31(23)27(20)35)32(17-18-10-4-3-5-11-18)25(21)30-26(34)19-12-6-7-13-22(19)33(37)38/h3-16H,2,17H2,1H3. The first-order valence-electron chi connectivity index (χ1n) is 12.0. The van der Waals surface area contributed by atoms with Crippen LogP contribution in [0.25, 0.3) is 16.7 Å². The van der Waals surface area contributed by atoms with Gasteiger partial charge in [-0.25, -0.2) is 9.78 Å². The van der Waals surface area contributed by atoms with Crippen molar-refractivity contribution in [3.8, 4) is 0 Å². The number of amides is 1. The normalized spacial score (nSPS) is 11.6. The number of pyridine rings is 2. The molecule has 0 aliphatic rings. The summed E-state index contributed by atoms with van der Waals surface area (Å²) in [5, 5.41) is 11.7. The van der Waals surface area contributed by atoms with Crippen molar-refractivity contribution in [2.75, 3.05) is 6.61 Å². The van der Waals surface area contributed by atoms with Crippen LogP contribution in [0.1, 0.15) is 33.2 Å². The van der Waals surface area contributed by atoms with Crippen LogP contribution in [0.15, 0.2) is 94.8 Å². The molecule has 5 rings (SSSR count). The number of aromatic nitrogens is 3. The van der Waals surface area contributed by atoms with E-state index in [0.717, 1.165) is 5.56 Å². The number of esters is 1. The van der Waals surface area contributed by atoms with Crippen LogP contribution in [0.3, 0.4) is 0 Å². The largest absolute Gasteiger partial charge is 0.462 e. The molecule has 194 valence electrons. The van der Waals surface area contributed by atoms with Crippen LogP contribution in [0.5, 0.6) is 0 Å². The predicted molar refractivity (Wildman–Crippen MR) is 141 cm³/mol. The van der Waals surface area contributed by atoms with Gasteiger partial charge in [0.1, 0.15) is 22.4 Å². The molecule has 2 aromatic carbocycles. The molecule has 11 nitrogen and oxygen atoms in total. The van der Waals surface area contributed by atoms with Crippen molar-refractivity contribution in [3.05, 3.63) is 128 Å². The molecule has 11 heteroatoms. The fourth-order valence-electron chi connectivity index (χ4n) is 4.24. The average molecular weight is 524 g/mol. The summed E-state index contributed by atoms with van der Waals surface area (Å²) in [6.07, 6.45) is 1.56. The van der Waals surface area contributed by atoms with E-state index >= 15 is 0 Å². The predicted octanol–water partition coefficient (Wildman–Crippen LogP) is 3.52. The van der Waals surface area contributed by atoms with Crippen molar-refractivity contribution in [1.29, 1.82) is 0 Å². The molecule has 0 N–H and O–H groups in total. The smallest absolute Gasteiger partial charge is 0.341 e. The SMILES string of the molecule is CCOC(=O)c1cc2c(=O)n3ccccc3nc2n(Cc2ccccc2)c1=NC(=O)c1ccccc1[N+](=O)[O-]. The highest BCUT2D eigenvalue weighted by Gasteiger charge is 2.23. The Bertz CT molecular complexity index is 1890. The maximum Gasteiger partial charge on any atom is 0.341 e. The number of hydrogen-bond acceptors (Lipinski definition) is 7. The second-order valence-electron chi connectivity index (χ2n) is 8.45. The van der Waals surface area contributed by atoms with Crippen LogP contribution in [-0.2, 0) is 11.3 Å². The number of benzene rings is 2. The Morgan fingerprint density at radius 1 is 1.00 bits per heavy atom. The Morgan fingerprint density at radius 2 is 1.72 bits per heavy atom. The van der Waals surface area contributed by atoms with Crippen molar-refractivity contribution >= 4 is 34.2 Å². The average Bonchev–Trinajstić information content (AvgIpc) is 2.95. The molecule has 39 heavy (non-hydrogen) atoms. The van der Waals surface area contributed by atoms with E-state index in [9.17, 15) is 24.5 Å². The minimum absolute atomic E-state index is 0.0298. The van der Waals surface area contributed by atoms with Gasteiger partial charge in [-0.2, -0.15) is 4.99 Å². The lowest BCUT2D eigenvalue weighted by Gasteiger charge is -2.15. The number of hydrogen-bond donors (Lipinski definition) is 0. The third-order valence-corrected chi connectivity index (χ3v) is 6.01. The first kappa shape index (κ1) is 25.2. The molecule has 0 saturated carbocycles. The number of ether oxygens (including phenoxy) is 1. The van der Waals surface area contributed by atoms with E-state index in [4.69, 9.17) is 4.74 Å². The van der Waals surface area contributed by atoms with Crippen LogP contribution in [-0.4, -0.2) is 37.4 Å². The highest BCUT2D eigenvalue weighted by atomic mass is 16.6. The molecule has 0 aliphatic heterocycles. The van der Waals surface area contributed by atoms with E-state index < -0.39 is 28.0 Å². The lowest BCUT2D eigenvalue weighted by Crippen LogP contribution is -2.33. The molecule has 0 spiro atoms. The van der Waals surface area contributed by atoms with E-state index in [0.29, 0.717) is 5.65 Å². The molecule has 0 saturated heterocycles. The molecule has 5 aromatic rings. The van der Waals surface area contributed by atoms with Gasteiger partial charge in [-0.05, 0) is 36.8 Å². The van der Waals surface area contributed by atoms with Crippen molar-refractivity contribution < 1.29 is 19.2 Å². The topological polar surface area (TPSA) is 138 Å². The highest BCUT2D eigenvalue weighted by Crippen LogP contribution is 2.19. The number of carbonyl (C=O) groups is 2. The van der Waals surface area contributed by atoms with Crippen molar-refractivity contribution in [2.45, 2.75) is 13.5 Å². The molecule has 3 heterocycles. The molecular weight excluding hydrogens is 502 g/mol.